The number of nitrogens with zero attached hydrogens (tertiary/aromatic N) is 2. The van der Waals surface area contributed by atoms with Crippen LogP contribution in [0.25, 0.3) is 32.1 Å². The van der Waals surface area contributed by atoms with Crippen LogP contribution in [0.3, 0.4) is 0 Å². The summed E-state index contributed by atoms with van der Waals surface area (Å²) in [4.78, 5) is 9.15. The number of thiazole rings is 1. The van der Waals surface area contributed by atoms with Gasteiger partial charge in [0.2, 0.25) is 0 Å². The average molecular weight is 475 g/mol. The fourth-order valence-electron chi connectivity index (χ4n) is 3.09. The Balaban J connectivity index is 1.42. The summed E-state index contributed by atoms with van der Waals surface area (Å²) in [6.07, 6.45) is 1.68. The van der Waals surface area contributed by atoms with Crippen LogP contribution in [0.4, 0.5) is 5.69 Å². The number of phenols is 1. The number of halogens is 1. The van der Waals surface area contributed by atoms with E-state index < -0.39 is 0 Å². The first-order chi connectivity index (χ1) is 14.7. The first kappa shape index (κ1) is 18.8. The van der Waals surface area contributed by atoms with E-state index in [1.807, 2.05) is 66.7 Å². The standard InChI is InChI=1S/C24H15BrN2O2S/c25-16-7-5-15(6-8-16)22-12-10-18(29-22)14-26-17-9-11-21(28)19(13-17)24-27-20-3-1-2-4-23(20)30-24/h1-14,28H. The number of phenolic OH excluding ortho intramolecular Hbond substituents is 1. The van der Waals surface area contributed by atoms with Crippen LogP contribution in [0.2, 0.25) is 0 Å². The second-order valence-electron chi connectivity index (χ2n) is 6.66. The molecule has 30 heavy (non-hydrogen) atoms. The smallest absolute Gasteiger partial charge is 0.145 e. The Morgan fingerprint density at radius 3 is 2.63 bits per heavy atom. The molecule has 0 aliphatic carbocycles. The molecule has 0 bridgehead atoms. The van der Waals surface area contributed by atoms with Gasteiger partial charge in [-0.1, -0.05) is 40.2 Å². The van der Waals surface area contributed by atoms with Gasteiger partial charge in [0.25, 0.3) is 0 Å². The van der Waals surface area contributed by atoms with Crippen LogP contribution in [0.1, 0.15) is 5.76 Å². The lowest BCUT2D eigenvalue weighted by atomic mass is 10.2. The number of aromatic nitrogens is 1. The quantitative estimate of drug-likeness (QED) is 0.275. The van der Waals surface area contributed by atoms with Gasteiger partial charge in [-0.15, -0.1) is 11.3 Å². The highest BCUT2D eigenvalue weighted by Crippen LogP contribution is 2.37. The fourth-order valence-corrected chi connectivity index (χ4v) is 4.35. The summed E-state index contributed by atoms with van der Waals surface area (Å²) >= 11 is 4.98. The monoisotopic (exact) mass is 474 g/mol. The Kier molecular flexibility index (Phi) is 4.94. The predicted octanol–water partition coefficient (Wildman–Crippen LogP) is 7.44. The molecule has 1 N–H and O–H groups in total. The van der Waals surface area contributed by atoms with Crippen molar-refractivity contribution in [3.05, 3.63) is 89.1 Å². The van der Waals surface area contributed by atoms with Gasteiger partial charge in [0, 0.05) is 10.0 Å². The number of hydrogen-bond donors (Lipinski definition) is 1. The van der Waals surface area contributed by atoms with Crippen molar-refractivity contribution in [2.75, 3.05) is 0 Å². The molecule has 4 nitrogen and oxygen atoms in total. The van der Waals surface area contributed by atoms with Crippen molar-refractivity contribution in [1.82, 2.24) is 4.98 Å². The maximum absolute atomic E-state index is 10.3. The van der Waals surface area contributed by atoms with Gasteiger partial charge in [0.1, 0.15) is 22.3 Å². The molecule has 0 saturated carbocycles. The van der Waals surface area contributed by atoms with E-state index in [4.69, 9.17) is 4.42 Å². The Morgan fingerprint density at radius 1 is 0.967 bits per heavy atom. The summed E-state index contributed by atoms with van der Waals surface area (Å²) in [6, 6.07) is 24.9. The first-order valence-electron chi connectivity index (χ1n) is 9.24. The highest BCUT2D eigenvalue weighted by Gasteiger charge is 2.11. The number of rotatable bonds is 4. The van der Waals surface area contributed by atoms with Gasteiger partial charge in [-0.05, 0) is 54.6 Å². The van der Waals surface area contributed by atoms with Gasteiger partial charge < -0.3 is 9.52 Å². The number of fused-ring (bicyclic) bond motifs is 1. The average Bonchev–Trinajstić information content (AvgIpc) is 3.41. The number of aromatic hydroxyl groups is 1. The fraction of sp³-hybridized carbons (Fsp3) is 0. The van der Waals surface area contributed by atoms with Crippen molar-refractivity contribution in [3.8, 4) is 27.6 Å². The highest BCUT2D eigenvalue weighted by atomic mass is 79.9. The van der Waals surface area contributed by atoms with Crippen LogP contribution >= 0.6 is 27.3 Å². The largest absolute Gasteiger partial charge is 0.507 e. The first-order valence-corrected chi connectivity index (χ1v) is 10.9. The van der Waals surface area contributed by atoms with Crippen molar-refractivity contribution in [2.24, 2.45) is 4.99 Å². The third kappa shape index (κ3) is 3.79. The van der Waals surface area contributed by atoms with Gasteiger partial charge in [0.05, 0.1) is 27.7 Å². The Labute approximate surface area is 185 Å². The molecule has 0 unspecified atom stereocenters. The molecule has 5 aromatic rings. The van der Waals surface area contributed by atoms with E-state index in [-0.39, 0.29) is 5.75 Å². The number of hydrogen-bond acceptors (Lipinski definition) is 5. The Morgan fingerprint density at radius 2 is 1.80 bits per heavy atom. The zero-order valence-corrected chi connectivity index (χ0v) is 18.0. The van der Waals surface area contributed by atoms with Crippen LogP contribution in [-0.2, 0) is 0 Å². The number of aliphatic imine (C=N–C) groups is 1. The molecule has 2 aromatic heterocycles. The predicted molar refractivity (Wildman–Crippen MR) is 126 cm³/mol. The summed E-state index contributed by atoms with van der Waals surface area (Å²) in [6.45, 7) is 0. The normalized spacial score (nSPS) is 11.5. The summed E-state index contributed by atoms with van der Waals surface area (Å²) in [7, 11) is 0. The molecule has 2 heterocycles. The molecule has 5 rings (SSSR count). The van der Waals surface area contributed by atoms with Gasteiger partial charge in [-0.3, -0.25) is 4.99 Å². The second kappa shape index (κ2) is 7.89. The van der Waals surface area contributed by atoms with Gasteiger partial charge >= 0.3 is 0 Å². The van der Waals surface area contributed by atoms with Crippen LogP contribution in [-0.4, -0.2) is 16.3 Å². The van der Waals surface area contributed by atoms with E-state index in [9.17, 15) is 5.11 Å². The summed E-state index contributed by atoms with van der Waals surface area (Å²) < 4.78 is 7.99. The molecule has 146 valence electrons. The number of benzene rings is 3. The molecular weight excluding hydrogens is 460 g/mol. The molecule has 0 amide bonds. The molecule has 0 saturated heterocycles. The van der Waals surface area contributed by atoms with Crippen LogP contribution in [0, 0.1) is 0 Å². The van der Waals surface area contributed by atoms with Crippen molar-refractivity contribution in [3.63, 3.8) is 0 Å². The van der Waals surface area contributed by atoms with Crippen molar-refractivity contribution >= 4 is 49.4 Å². The molecule has 0 spiro atoms. The molecule has 6 heteroatoms. The number of furan rings is 1. The second-order valence-corrected chi connectivity index (χ2v) is 8.60. The zero-order chi connectivity index (χ0) is 20.5. The lowest BCUT2D eigenvalue weighted by molar-refractivity contribution is 0.477. The number of para-hydroxylation sites is 1. The lowest BCUT2D eigenvalue weighted by Crippen LogP contribution is -1.79. The van der Waals surface area contributed by atoms with E-state index in [1.54, 1.807) is 29.7 Å². The summed E-state index contributed by atoms with van der Waals surface area (Å²) in [5, 5.41) is 11.1. The van der Waals surface area contributed by atoms with E-state index in [0.717, 1.165) is 31.0 Å². The molecular formula is C24H15BrN2O2S. The van der Waals surface area contributed by atoms with Gasteiger partial charge in [-0.2, -0.15) is 0 Å². The van der Waals surface area contributed by atoms with Crippen LogP contribution in [0.5, 0.6) is 5.75 Å². The molecule has 0 aliphatic heterocycles. The highest BCUT2D eigenvalue weighted by molar-refractivity contribution is 9.10. The third-order valence-electron chi connectivity index (χ3n) is 4.60. The van der Waals surface area contributed by atoms with Crippen molar-refractivity contribution in [1.29, 1.82) is 0 Å². The minimum Gasteiger partial charge on any atom is -0.507 e. The van der Waals surface area contributed by atoms with Gasteiger partial charge in [-0.25, -0.2) is 4.98 Å². The minimum atomic E-state index is 0.184. The van der Waals surface area contributed by atoms with Crippen LogP contribution in [0.15, 0.2) is 92.7 Å². The van der Waals surface area contributed by atoms with Gasteiger partial charge in [0.15, 0.2) is 0 Å². The van der Waals surface area contributed by atoms with E-state index >= 15 is 0 Å². The van der Waals surface area contributed by atoms with Crippen LogP contribution < -0.4 is 0 Å². The SMILES string of the molecule is Oc1ccc(N=Cc2ccc(-c3ccc(Br)cc3)o2)cc1-c1nc2ccccc2s1. The minimum absolute atomic E-state index is 0.184. The van der Waals surface area contributed by atoms with E-state index in [0.29, 0.717) is 17.0 Å². The zero-order valence-electron chi connectivity index (χ0n) is 15.6. The molecule has 0 radical (unpaired) electrons. The molecule has 0 atom stereocenters. The summed E-state index contributed by atoms with van der Waals surface area (Å²) in [5.41, 5.74) is 3.30. The Bertz CT molecular complexity index is 1340. The van der Waals surface area contributed by atoms with E-state index in [2.05, 4.69) is 25.9 Å². The van der Waals surface area contributed by atoms with E-state index in [1.165, 1.54) is 0 Å². The maximum Gasteiger partial charge on any atom is 0.145 e. The lowest BCUT2D eigenvalue weighted by Gasteiger charge is -2.02. The maximum atomic E-state index is 10.3. The molecule has 3 aromatic carbocycles. The Hall–Kier alpha value is -3.22. The molecule has 0 fully saturated rings. The molecule has 0 aliphatic rings. The topological polar surface area (TPSA) is 58.6 Å². The summed E-state index contributed by atoms with van der Waals surface area (Å²) in [5.74, 6) is 1.62. The third-order valence-corrected chi connectivity index (χ3v) is 6.20. The van der Waals surface area contributed by atoms with Crippen molar-refractivity contribution in [2.45, 2.75) is 0 Å². The van der Waals surface area contributed by atoms with Crippen molar-refractivity contribution < 1.29 is 9.52 Å².